The number of rotatable bonds is 6. The van der Waals surface area contributed by atoms with Crippen LogP contribution in [0.25, 0.3) is 0 Å². The maximum Gasteiger partial charge on any atom is 0.279 e. The van der Waals surface area contributed by atoms with Crippen LogP contribution >= 0.6 is 0 Å². The van der Waals surface area contributed by atoms with E-state index in [4.69, 9.17) is 5.11 Å². The van der Waals surface area contributed by atoms with E-state index in [1.807, 2.05) is 12.1 Å². The number of aromatic nitrogens is 1. The second kappa shape index (κ2) is 7.12. The largest absolute Gasteiger partial charge is 0.396 e. The van der Waals surface area contributed by atoms with Crippen LogP contribution in [0.15, 0.2) is 24.5 Å². The van der Waals surface area contributed by atoms with Crippen LogP contribution in [0.2, 0.25) is 0 Å². The van der Waals surface area contributed by atoms with Gasteiger partial charge in [0.05, 0.1) is 0 Å². The van der Waals surface area contributed by atoms with E-state index >= 15 is 0 Å². The number of nitrogens with one attached hydrogen (secondary N) is 1. The van der Waals surface area contributed by atoms with Crippen LogP contribution in [-0.2, 0) is 16.6 Å². The molecule has 1 aliphatic rings. The molecule has 1 aromatic heterocycles. The molecule has 0 saturated carbocycles. The Labute approximate surface area is 120 Å². The highest BCUT2D eigenvalue weighted by molar-refractivity contribution is 7.87. The molecule has 20 heavy (non-hydrogen) atoms. The van der Waals surface area contributed by atoms with Crippen LogP contribution in [0.3, 0.4) is 0 Å². The Kier molecular flexibility index (Phi) is 5.47. The van der Waals surface area contributed by atoms with E-state index in [-0.39, 0.29) is 12.5 Å². The van der Waals surface area contributed by atoms with Crippen molar-refractivity contribution in [3.8, 4) is 0 Å². The van der Waals surface area contributed by atoms with Gasteiger partial charge in [0, 0.05) is 38.6 Å². The highest BCUT2D eigenvalue weighted by Crippen LogP contribution is 2.18. The van der Waals surface area contributed by atoms with Gasteiger partial charge >= 0.3 is 0 Å². The van der Waals surface area contributed by atoms with E-state index in [0.29, 0.717) is 26.1 Å². The molecule has 0 bridgehead atoms. The zero-order valence-corrected chi connectivity index (χ0v) is 12.2. The van der Waals surface area contributed by atoms with E-state index in [1.165, 1.54) is 4.31 Å². The number of hydrogen-bond donors (Lipinski definition) is 2. The first kappa shape index (κ1) is 15.4. The van der Waals surface area contributed by atoms with E-state index in [2.05, 4.69) is 9.71 Å². The molecule has 112 valence electrons. The Morgan fingerprint density at radius 2 is 1.95 bits per heavy atom. The molecule has 2 rings (SSSR count). The lowest BCUT2D eigenvalue weighted by Crippen LogP contribution is -2.45. The van der Waals surface area contributed by atoms with Gasteiger partial charge in [0.2, 0.25) is 0 Å². The van der Waals surface area contributed by atoms with Gasteiger partial charge in [0.15, 0.2) is 0 Å². The number of hydrogen-bond acceptors (Lipinski definition) is 4. The highest BCUT2D eigenvalue weighted by Gasteiger charge is 2.27. The fourth-order valence-corrected chi connectivity index (χ4v) is 3.53. The molecule has 1 saturated heterocycles. The maximum absolute atomic E-state index is 12.1. The van der Waals surface area contributed by atoms with E-state index < -0.39 is 10.2 Å². The molecule has 0 spiro atoms. The first-order valence-electron chi connectivity index (χ1n) is 6.86. The van der Waals surface area contributed by atoms with Crippen molar-refractivity contribution < 1.29 is 13.5 Å². The Hall–Kier alpha value is -1.02. The summed E-state index contributed by atoms with van der Waals surface area (Å²) in [5.41, 5.74) is 1.06. The van der Waals surface area contributed by atoms with Crippen molar-refractivity contribution in [3.63, 3.8) is 0 Å². The van der Waals surface area contributed by atoms with Crippen molar-refractivity contribution in [2.75, 3.05) is 26.2 Å². The third kappa shape index (κ3) is 4.24. The lowest BCUT2D eigenvalue weighted by atomic mass is 10.00. The first-order chi connectivity index (χ1) is 9.62. The van der Waals surface area contributed by atoms with Gasteiger partial charge in [-0.2, -0.15) is 12.7 Å². The van der Waals surface area contributed by atoms with Crippen LogP contribution in [0.4, 0.5) is 0 Å². The number of aliphatic hydroxyl groups excluding tert-OH is 1. The molecule has 0 amide bonds. The Bertz CT molecular complexity index is 499. The van der Waals surface area contributed by atoms with Gasteiger partial charge in [-0.05, 0) is 42.9 Å². The van der Waals surface area contributed by atoms with Gasteiger partial charge in [-0.15, -0.1) is 0 Å². The number of piperidine rings is 1. The minimum Gasteiger partial charge on any atom is -0.396 e. The molecular weight excluding hydrogens is 278 g/mol. The van der Waals surface area contributed by atoms with Gasteiger partial charge in [-0.25, -0.2) is 4.72 Å². The third-order valence-corrected chi connectivity index (χ3v) is 5.23. The van der Waals surface area contributed by atoms with Crippen molar-refractivity contribution in [2.45, 2.75) is 19.3 Å². The van der Waals surface area contributed by atoms with Gasteiger partial charge in [0.25, 0.3) is 10.2 Å². The SMILES string of the molecule is O=S(=O)(NCCc1ccncc1)N1CCC(CO)CC1. The fourth-order valence-electron chi connectivity index (χ4n) is 2.30. The summed E-state index contributed by atoms with van der Waals surface area (Å²) >= 11 is 0. The zero-order chi connectivity index (χ0) is 14.4. The van der Waals surface area contributed by atoms with E-state index in [1.54, 1.807) is 12.4 Å². The molecule has 0 unspecified atom stereocenters. The van der Waals surface area contributed by atoms with Gasteiger partial charge in [-0.3, -0.25) is 4.98 Å². The van der Waals surface area contributed by atoms with Crippen LogP contribution < -0.4 is 4.72 Å². The summed E-state index contributed by atoms with van der Waals surface area (Å²) < 4.78 is 28.3. The average Bonchev–Trinajstić information content (AvgIpc) is 2.48. The van der Waals surface area contributed by atoms with Crippen molar-refractivity contribution in [2.24, 2.45) is 5.92 Å². The molecule has 2 N–H and O–H groups in total. The minimum atomic E-state index is -3.40. The maximum atomic E-state index is 12.1. The predicted octanol–water partition coefficient (Wildman–Crippen LogP) is 0.163. The standard InChI is InChI=1S/C13H21N3O3S/c17-11-13-4-9-16(10-5-13)20(18,19)15-8-3-12-1-6-14-7-2-12/h1-2,6-7,13,15,17H,3-5,8-11H2. The minimum absolute atomic E-state index is 0.142. The average molecular weight is 299 g/mol. The van der Waals surface area contributed by atoms with E-state index in [9.17, 15) is 8.42 Å². The number of nitrogens with zero attached hydrogens (tertiary/aromatic N) is 2. The van der Waals surface area contributed by atoms with Gasteiger partial charge < -0.3 is 5.11 Å². The number of aliphatic hydroxyl groups is 1. The third-order valence-electron chi connectivity index (χ3n) is 3.62. The molecule has 0 atom stereocenters. The molecule has 2 heterocycles. The van der Waals surface area contributed by atoms with Crippen molar-refractivity contribution in [1.82, 2.24) is 14.0 Å². The van der Waals surface area contributed by atoms with Crippen LogP contribution in [0, 0.1) is 5.92 Å². The molecule has 0 radical (unpaired) electrons. The Morgan fingerprint density at radius 3 is 2.55 bits per heavy atom. The van der Waals surface area contributed by atoms with Crippen LogP contribution in [0.5, 0.6) is 0 Å². The van der Waals surface area contributed by atoms with Crippen molar-refractivity contribution in [1.29, 1.82) is 0 Å². The molecule has 1 fully saturated rings. The summed E-state index contributed by atoms with van der Waals surface area (Å²) in [5.74, 6) is 0.235. The fraction of sp³-hybridized carbons (Fsp3) is 0.615. The normalized spacial score (nSPS) is 18.2. The van der Waals surface area contributed by atoms with Crippen molar-refractivity contribution in [3.05, 3.63) is 30.1 Å². The summed E-state index contributed by atoms with van der Waals surface area (Å²) in [6.45, 7) is 1.49. The summed E-state index contributed by atoms with van der Waals surface area (Å²) in [4.78, 5) is 3.92. The van der Waals surface area contributed by atoms with Crippen LogP contribution in [-0.4, -0.2) is 49.1 Å². The molecular formula is C13H21N3O3S. The summed E-state index contributed by atoms with van der Waals surface area (Å²) in [6.07, 6.45) is 5.49. The van der Waals surface area contributed by atoms with Gasteiger partial charge in [-0.1, -0.05) is 0 Å². The molecule has 1 aliphatic heterocycles. The van der Waals surface area contributed by atoms with Gasteiger partial charge in [0.1, 0.15) is 0 Å². The summed E-state index contributed by atoms with van der Waals surface area (Å²) in [5, 5.41) is 9.06. The lowest BCUT2D eigenvalue weighted by molar-refractivity contribution is 0.169. The Morgan fingerprint density at radius 1 is 1.30 bits per heavy atom. The number of pyridine rings is 1. The second-order valence-corrected chi connectivity index (χ2v) is 6.79. The topological polar surface area (TPSA) is 82.5 Å². The second-order valence-electron chi connectivity index (χ2n) is 5.03. The monoisotopic (exact) mass is 299 g/mol. The smallest absolute Gasteiger partial charge is 0.279 e. The molecule has 0 aliphatic carbocycles. The molecule has 7 heteroatoms. The summed E-state index contributed by atoms with van der Waals surface area (Å²) in [6, 6.07) is 3.75. The lowest BCUT2D eigenvalue weighted by Gasteiger charge is -2.30. The molecule has 1 aromatic rings. The van der Waals surface area contributed by atoms with Crippen LogP contribution in [0.1, 0.15) is 18.4 Å². The molecule has 0 aromatic carbocycles. The van der Waals surface area contributed by atoms with Crippen molar-refractivity contribution >= 4 is 10.2 Å². The predicted molar refractivity (Wildman–Crippen MR) is 76.2 cm³/mol. The van der Waals surface area contributed by atoms with E-state index in [0.717, 1.165) is 18.4 Å². The highest BCUT2D eigenvalue weighted by atomic mass is 32.2. The molecule has 6 nitrogen and oxygen atoms in total. The first-order valence-corrected chi connectivity index (χ1v) is 8.30. The quantitative estimate of drug-likeness (QED) is 0.784. The Balaban J connectivity index is 1.79. The zero-order valence-electron chi connectivity index (χ0n) is 11.4. The summed E-state index contributed by atoms with van der Waals surface area (Å²) in [7, 11) is -3.40.